The van der Waals surface area contributed by atoms with Crippen LogP contribution in [0.25, 0.3) is 0 Å². The summed E-state index contributed by atoms with van der Waals surface area (Å²) in [5, 5.41) is 13.9. The molecule has 2 N–H and O–H groups in total. The quantitative estimate of drug-likeness (QED) is 0.393. The number of guanidine groups is 1. The number of nitrogens with one attached hydrogen (secondary N) is 1. The van der Waals surface area contributed by atoms with Crippen LogP contribution in [0.4, 0.5) is 0 Å². The summed E-state index contributed by atoms with van der Waals surface area (Å²) >= 11 is 0. The molecule has 1 saturated carbocycles. The Morgan fingerprint density at radius 3 is 2.30 bits per heavy atom. The highest BCUT2D eigenvalue weighted by molar-refractivity contribution is 14.0. The van der Waals surface area contributed by atoms with E-state index in [0.29, 0.717) is 6.54 Å². The van der Waals surface area contributed by atoms with E-state index in [4.69, 9.17) is 4.99 Å². The highest BCUT2D eigenvalue weighted by Crippen LogP contribution is 2.29. The van der Waals surface area contributed by atoms with Gasteiger partial charge in [0, 0.05) is 39.3 Å². The Morgan fingerprint density at radius 1 is 1.17 bits per heavy atom. The van der Waals surface area contributed by atoms with Crippen molar-refractivity contribution in [3.05, 3.63) is 0 Å². The van der Waals surface area contributed by atoms with Crippen molar-refractivity contribution >= 4 is 29.9 Å². The lowest BCUT2D eigenvalue weighted by molar-refractivity contribution is 0.0569. The number of hydrogen-bond acceptors (Lipinski definition) is 3. The fourth-order valence-corrected chi connectivity index (χ4v) is 3.50. The Hall–Kier alpha value is -0.0800. The van der Waals surface area contributed by atoms with Gasteiger partial charge in [0.05, 0.1) is 12.1 Å². The van der Waals surface area contributed by atoms with Gasteiger partial charge in [0.2, 0.25) is 0 Å². The van der Waals surface area contributed by atoms with E-state index in [1.54, 1.807) is 0 Å². The molecule has 1 aliphatic carbocycles. The number of hydrogen-bond donors (Lipinski definition) is 2. The number of halogens is 1. The molecule has 0 aromatic carbocycles. The van der Waals surface area contributed by atoms with Crippen molar-refractivity contribution in [2.24, 2.45) is 10.9 Å². The van der Waals surface area contributed by atoms with E-state index in [1.165, 1.54) is 6.54 Å². The van der Waals surface area contributed by atoms with Gasteiger partial charge >= 0.3 is 0 Å². The molecule has 0 spiro atoms. The minimum Gasteiger partial charge on any atom is -0.388 e. The van der Waals surface area contributed by atoms with Crippen LogP contribution >= 0.6 is 24.0 Å². The first-order chi connectivity index (χ1) is 10.5. The van der Waals surface area contributed by atoms with Crippen LogP contribution in [0.5, 0.6) is 0 Å². The van der Waals surface area contributed by atoms with Gasteiger partial charge in [-0.2, -0.15) is 0 Å². The molecule has 0 atom stereocenters. The minimum atomic E-state index is -0.555. The molecule has 5 nitrogen and oxygen atoms in total. The van der Waals surface area contributed by atoms with Crippen LogP contribution in [0.1, 0.15) is 46.5 Å². The summed E-state index contributed by atoms with van der Waals surface area (Å²) in [6.45, 7) is 13.5. The molecule has 136 valence electrons. The summed E-state index contributed by atoms with van der Waals surface area (Å²) in [6, 6.07) is 0. The van der Waals surface area contributed by atoms with Crippen LogP contribution in [0.15, 0.2) is 4.99 Å². The van der Waals surface area contributed by atoms with E-state index in [1.807, 2.05) is 0 Å². The van der Waals surface area contributed by atoms with Crippen LogP contribution in [-0.2, 0) is 0 Å². The van der Waals surface area contributed by atoms with Crippen molar-refractivity contribution < 1.29 is 5.11 Å². The van der Waals surface area contributed by atoms with E-state index >= 15 is 0 Å². The van der Waals surface area contributed by atoms with E-state index < -0.39 is 5.60 Å². The smallest absolute Gasteiger partial charge is 0.194 e. The fourth-order valence-electron chi connectivity index (χ4n) is 3.50. The number of piperazine rings is 1. The third-order valence-electron chi connectivity index (χ3n) is 4.69. The molecule has 2 rings (SSSR count). The molecule has 0 radical (unpaired) electrons. The summed E-state index contributed by atoms with van der Waals surface area (Å²) in [6.07, 6.45) is 4.07. The van der Waals surface area contributed by atoms with Crippen molar-refractivity contribution in [1.82, 2.24) is 15.1 Å². The first kappa shape index (κ1) is 21.0. The predicted octanol–water partition coefficient (Wildman–Crippen LogP) is 2.15. The maximum absolute atomic E-state index is 10.5. The maximum atomic E-state index is 10.5. The van der Waals surface area contributed by atoms with Gasteiger partial charge < -0.3 is 15.3 Å². The first-order valence-corrected chi connectivity index (χ1v) is 9.00. The van der Waals surface area contributed by atoms with Gasteiger partial charge in [0.15, 0.2) is 5.96 Å². The SMILES string of the molecule is CCNC(=NCC1(O)CCCC1)N1CCN(CC(C)C)CC1.I. The number of rotatable bonds is 5. The zero-order valence-corrected chi connectivity index (χ0v) is 17.4. The summed E-state index contributed by atoms with van der Waals surface area (Å²) in [5.74, 6) is 1.71. The molecule has 0 aromatic rings. The maximum Gasteiger partial charge on any atom is 0.194 e. The number of aliphatic hydroxyl groups is 1. The monoisotopic (exact) mass is 438 g/mol. The Kier molecular flexibility index (Phi) is 9.15. The summed E-state index contributed by atoms with van der Waals surface area (Å²) < 4.78 is 0. The van der Waals surface area contributed by atoms with Gasteiger partial charge in [-0.25, -0.2) is 0 Å². The second-order valence-corrected chi connectivity index (χ2v) is 7.28. The van der Waals surface area contributed by atoms with Crippen LogP contribution in [0.2, 0.25) is 0 Å². The molecule has 0 amide bonds. The number of aliphatic imine (C=N–C) groups is 1. The van der Waals surface area contributed by atoms with Crippen LogP contribution in [0, 0.1) is 5.92 Å². The largest absolute Gasteiger partial charge is 0.388 e. The molecule has 2 aliphatic rings. The normalized spacial score (nSPS) is 22.3. The third-order valence-corrected chi connectivity index (χ3v) is 4.69. The summed E-state index contributed by atoms with van der Waals surface area (Å²) in [4.78, 5) is 9.62. The first-order valence-electron chi connectivity index (χ1n) is 9.00. The highest BCUT2D eigenvalue weighted by atomic mass is 127. The van der Waals surface area contributed by atoms with Crippen molar-refractivity contribution in [2.45, 2.75) is 52.1 Å². The fraction of sp³-hybridized carbons (Fsp3) is 0.941. The summed E-state index contributed by atoms with van der Waals surface area (Å²) in [5.41, 5.74) is -0.555. The molecular formula is C17H35IN4O. The molecule has 6 heteroatoms. The van der Waals surface area contributed by atoms with E-state index in [2.05, 4.69) is 35.9 Å². The van der Waals surface area contributed by atoms with Gasteiger partial charge in [-0.05, 0) is 25.7 Å². The zero-order chi connectivity index (χ0) is 16.0. The molecule has 1 saturated heterocycles. The lowest BCUT2D eigenvalue weighted by Crippen LogP contribution is -2.53. The molecule has 2 fully saturated rings. The molecule has 0 unspecified atom stereocenters. The van der Waals surface area contributed by atoms with Gasteiger partial charge in [0.25, 0.3) is 0 Å². The van der Waals surface area contributed by atoms with Gasteiger partial charge in [-0.15, -0.1) is 24.0 Å². The van der Waals surface area contributed by atoms with E-state index in [-0.39, 0.29) is 24.0 Å². The van der Waals surface area contributed by atoms with Gasteiger partial charge in [-0.3, -0.25) is 9.89 Å². The Balaban J connectivity index is 0.00000264. The molecular weight excluding hydrogens is 403 g/mol. The average Bonchev–Trinajstić information content (AvgIpc) is 2.91. The van der Waals surface area contributed by atoms with Crippen molar-refractivity contribution in [1.29, 1.82) is 0 Å². The predicted molar refractivity (Wildman–Crippen MR) is 108 cm³/mol. The average molecular weight is 438 g/mol. The van der Waals surface area contributed by atoms with Crippen LogP contribution < -0.4 is 5.32 Å². The van der Waals surface area contributed by atoms with E-state index in [0.717, 1.165) is 70.3 Å². The molecule has 0 bridgehead atoms. The lowest BCUT2D eigenvalue weighted by atomic mass is 10.0. The molecule has 1 aliphatic heterocycles. The highest BCUT2D eigenvalue weighted by Gasteiger charge is 2.31. The standard InChI is InChI=1S/C17H34N4O.HI/c1-4-18-16(19-14-17(22)7-5-6-8-17)21-11-9-20(10-12-21)13-15(2)3;/h15,22H,4-14H2,1-3H3,(H,18,19);1H. The zero-order valence-electron chi connectivity index (χ0n) is 15.1. The van der Waals surface area contributed by atoms with E-state index in [9.17, 15) is 5.11 Å². The van der Waals surface area contributed by atoms with Crippen molar-refractivity contribution in [3.63, 3.8) is 0 Å². The third kappa shape index (κ3) is 6.74. The second kappa shape index (κ2) is 10.0. The van der Waals surface area contributed by atoms with Crippen LogP contribution in [-0.4, -0.2) is 72.3 Å². The van der Waals surface area contributed by atoms with Gasteiger partial charge in [-0.1, -0.05) is 26.7 Å². The van der Waals surface area contributed by atoms with Crippen molar-refractivity contribution in [2.75, 3.05) is 45.8 Å². The lowest BCUT2D eigenvalue weighted by Gasteiger charge is -2.37. The second-order valence-electron chi connectivity index (χ2n) is 7.28. The minimum absolute atomic E-state index is 0. The molecule has 0 aromatic heterocycles. The Bertz CT molecular complexity index is 362. The molecule has 1 heterocycles. The Labute approximate surface area is 158 Å². The topological polar surface area (TPSA) is 51.1 Å². The molecule has 23 heavy (non-hydrogen) atoms. The van der Waals surface area contributed by atoms with Crippen LogP contribution in [0.3, 0.4) is 0 Å². The summed E-state index contributed by atoms with van der Waals surface area (Å²) in [7, 11) is 0. The van der Waals surface area contributed by atoms with Gasteiger partial charge in [0.1, 0.15) is 0 Å². The Morgan fingerprint density at radius 2 is 1.78 bits per heavy atom. The number of nitrogens with zero attached hydrogens (tertiary/aromatic N) is 3. The van der Waals surface area contributed by atoms with Crippen molar-refractivity contribution in [3.8, 4) is 0 Å².